The number of hydrogen-bond donors (Lipinski definition) is 2. The number of rotatable bonds is 0. The second-order valence-corrected chi connectivity index (χ2v) is 15.6. The summed E-state index contributed by atoms with van der Waals surface area (Å²) in [7, 11) is 0. The molecular formula is C36H46N4. The minimum absolute atomic E-state index is 0.0182. The van der Waals surface area contributed by atoms with Gasteiger partial charge >= 0.3 is 0 Å². The number of aromatic nitrogens is 4. The number of nitrogens with zero attached hydrogens (tertiary/aromatic N) is 2. The monoisotopic (exact) mass is 534 g/mol. The van der Waals surface area contributed by atoms with Gasteiger partial charge in [-0.1, -0.05) is 83.1 Å². The van der Waals surface area contributed by atoms with Crippen LogP contribution in [0.3, 0.4) is 0 Å². The van der Waals surface area contributed by atoms with Gasteiger partial charge in [-0.15, -0.1) is 0 Å². The zero-order valence-corrected chi connectivity index (χ0v) is 26.5. The Morgan fingerprint density at radius 3 is 1.30 bits per heavy atom. The van der Waals surface area contributed by atoms with Crippen LogP contribution in [0.1, 0.15) is 117 Å². The molecule has 0 radical (unpaired) electrons. The average molecular weight is 535 g/mol. The van der Waals surface area contributed by atoms with Gasteiger partial charge in [0.15, 0.2) is 0 Å². The normalized spacial score (nSPS) is 14.8. The fourth-order valence-electron chi connectivity index (χ4n) is 5.68. The van der Waals surface area contributed by atoms with Gasteiger partial charge in [0.1, 0.15) is 0 Å². The summed E-state index contributed by atoms with van der Waals surface area (Å²) in [4.78, 5) is 17.8. The predicted molar refractivity (Wildman–Crippen MR) is 173 cm³/mol. The molecule has 0 aromatic carbocycles. The molecule has 3 aromatic heterocycles. The highest BCUT2D eigenvalue weighted by atomic mass is 14.8. The summed E-state index contributed by atoms with van der Waals surface area (Å²) in [6.45, 7) is 27.2. The molecule has 0 atom stereocenters. The second kappa shape index (κ2) is 9.06. The largest absolute Gasteiger partial charge is 0.355 e. The summed E-state index contributed by atoms with van der Waals surface area (Å²) >= 11 is 0. The van der Waals surface area contributed by atoms with Crippen molar-refractivity contribution in [2.45, 2.75) is 93.9 Å². The Bertz CT molecular complexity index is 1710. The quantitative estimate of drug-likeness (QED) is 0.301. The van der Waals surface area contributed by atoms with Crippen LogP contribution < -0.4 is 0 Å². The Morgan fingerprint density at radius 1 is 0.450 bits per heavy atom. The van der Waals surface area contributed by atoms with Crippen LogP contribution in [0.5, 0.6) is 0 Å². The van der Waals surface area contributed by atoms with Gasteiger partial charge in [0.2, 0.25) is 0 Å². The van der Waals surface area contributed by atoms with Crippen molar-refractivity contribution in [1.82, 2.24) is 19.9 Å². The van der Waals surface area contributed by atoms with E-state index in [2.05, 4.69) is 142 Å². The first-order valence-corrected chi connectivity index (χ1v) is 14.5. The third-order valence-corrected chi connectivity index (χ3v) is 7.77. The molecule has 5 heterocycles. The highest BCUT2D eigenvalue weighted by Crippen LogP contribution is 2.41. The van der Waals surface area contributed by atoms with Crippen molar-refractivity contribution in [2.75, 3.05) is 0 Å². The van der Waals surface area contributed by atoms with Crippen LogP contribution in [-0.2, 0) is 10.8 Å². The van der Waals surface area contributed by atoms with Crippen molar-refractivity contribution in [3.05, 3.63) is 70.3 Å². The highest BCUT2D eigenvalue weighted by molar-refractivity contribution is 5.90. The first-order chi connectivity index (χ1) is 18.3. The Balaban J connectivity index is 1.96. The number of aromatic amines is 2. The van der Waals surface area contributed by atoms with Crippen LogP contribution in [0.25, 0.3) is 45.4 Å². The SMILES string of the molecule is CC(C)(C)C1=Cc2cc3[nH]c(cc3C(C)(C)C)cc3[nH]c(cc4nc(cc1n2)C=C4C(C)(C)C)cc3C(C)(C)C. The molecule has 2 aliphatic rings. The summed E-state index contributed by atoms with van der Waals surface area (Å²) in [6.07, 6.45) is 4.49. The molecule has 5 rings (SSSR count). The van der Waals surface area contributed by atoms with Gasteiger partial charge < -0.3 is 9.97 Å². The molecule has 2 aliphatic heterocycles. The molecule has 4 nitrogen and oxygen atoms in total. The molecule has 0 saturated carbocycles. The van der Waals surface area contributed by atoms with E-state index in [1.807, 2.05) is 0 Å². The van der Waals surface area contributed by atoms with E-state index in [1.54, 1.807) is 0 Å². The van der Waals surface area contributed by atoms with Gasteiger partial charge in [0, 0.05) is 22.1 Å². The predicted octanol–water partition coefficient (Wildman–Crippen LogP) is 10.1. The minimum atomic E-state index is -0.0481. The van der Waals surface area contributed by atoms with E-state index in [0.29, 0.717) is 0 Å². The number of fused-ring (bicyclic) bond motifs is 8. The Hall–Kier alpha value is -3.40. The lowest BCUT2D eigenvalue weighted by molar-refractivity contribution is 0.568. The summed E-state index contributed by atoms with van der Waals surface area (Å²) < 4.78 is 0. The van der Waals surface area contributed by atoms with Gasteiger partial charge in [0.25, 0.3) is 0 Å². The van der Waals surface area contributed by atoms with Crippen LogP contribution in [-0.4, -0.2) is 19.9 Å². The van der Waals surface area contributed by atoms with Crippen molar-refractivity contribution in [1.29, 1.82) is 0 Å². The maximum absolute atomic E-state index is 5.15. The maximum atomic E-state index is 5.15. The molecule has 0 aliphatic carbocycles. The third-order valence-electron chi connectivity index (χ3n) is 7.77. The fraction of sp³-hybridized carbons (Fsp3) is 0.444. The van der Waals surface area contributed by atoms with E-state index in [9.17, 15) is 0 Å². The lowest BCUT2D eigenvalue weighted by atomic mass is 9.84. The minimum Gasteiger partial charge on any atom is -0.355 e. The lowest BCUT2D eigenvalue weighted by Gasteiger charge is -2.20. The Kier molecular flexibility index (Phi) is 6.37. The average Bonchev–Trinajstić information content (AvgIpc) is 3.53. The smallest absolute Gasteiger partial charge is 0.0696 e. The van der Waals surface area contributed by atoms with Crippen LogP contribution >= 0.6 is 0 Å². The van der Waals surface area contributed by atoms with Gasteiger partial charge in [-0.05, 0) is 92.5 Å². The molecule has 3 aromatic rings. The third kappa shape index (κ3) is 5.46. The maximum Gasteiger partial charge on any atom is 0.0696 e. The molecule has 0 fully saturated rings. The van der Waals surface area contributed by atoms with Gasteiger partial charge in [0.05, 0.1) is 22.8 Å². The van der Waals surface area contributed by atoms with E-state index in [1.165, 1.54) is 22.3 Å². The number of H-pyrrole nitrogens is 2. The van der Waals surface area contributed by atoms with E-state index in [-0.39, 0.29) is 21.7 Å². The molecule has 210 valence electrons. The zero-order valence-electron chi connectivity index (χ0n) is 26.5. The van der Waals surface area contributed by atoms with Crippen LogP contribution in [0.2, 0.25) is 0 Å². The Morgan fingerprint density at radius 2 is 0.850 bits per heavy atom. The van der Waals surface area contributed by atoms with Crippen LogP contribution in [0.15, 0.2) is 36.4 Å². The second-order valence-electron chi connectivity index (χ2n) is 15.6. The summed E-state index contributed by atoms with van der Waals surface area (Å²) in [5.74, 6) is 0. The zero-order chi connectivity index (χ0) is 29.4. The number of allylic oxidation sites excluding steroid dienone is 2. The Labute approximate surface area is 240 Å². The van der Waals surface area contributed by atoms with E-state index < -0.39 is 0 Å². The summed E-state index contributed by atoms with van der Waals surface area (Å²) in [5, 5.41) is 0. The molecule has 40 heavy (non-hydrogen) atoms. The lowest BCUT2D eigenvalue weighted by Crippen LogP contribution is -2.10. The highest BCUT2D eigenvalue weighted by Gasteiger charge is 2.27. The summed E-state index contributed by atoms with van der Waals surface area (Å²) in [6, 6.07) is 13.4. The van der Waals surface area contributed by atoms with Gasteiger partial charge in [-0.25, -0.2) is 9.97 Å². The van der Waals surface area contributed by atoms with Crippen molar-refractivity contribution in [3.8, 4) is 0 Å². The molecule has 2 N–H and O–H groups in total. The first-order valence-electron chi connectivity index (χ1n) is 14.5. The number of hydrogen-bond acceptors (Lipinski definition) is 2. The molecule has 4 heteroatoms. The molecule has 8 bridgehead atoms. The molecule has 0 amide bonds. The van der Waals surface area contributed by atoms with E-state index in [0.717, 1.165) is 44.8 Å². The van der Waals surface area contributed by atoms with Crippen molar-refractivity contribution < 1.29 is 0 Å². The van der Waals surface area contributed by atoms with E-state index in [4.69, 9.17) is 9.97 Å². The molecule has 0 saturated heterocycles. The molecular weight excluding hydrogens is 488 g/mol. The topological polar surface area (TPSA) is 57.4 Å². The molecule has 0 spiro atoms. The van der Waals surface area contributed by atoms with Crippen LogP contribution in [0.4, 0.5) is 0 Å². The van der Waals surface area contributed by atoms with E-state index >= 15 is 0 Å². The van der Waals surface area contributed by atoms with Gasteiger partial charge in [-0.3, -0.25) is 0 Å². The van der Waals surface area contributed by atoms with Crippen molar-refractivity contribution in [3.63, 3.8) is 0 Å². The van der Waals surface area contributed by atoms with Crippen LogP contribution in [0, 0.1) is 10.8 Å². The summed E-state index contributed by atoms with van der Waals surface area (Å²) in [5.41, 5.74) is 13.2. The standard InChI is InChI=1S/C36H46N4/c1-33(2,3)25-13-21-18-30-27(35(7,8)9)15-23(39-30)20-32-28(36(10,11)12)16-24(40-32)19-31-26(34(4,5)6)14-22(38-31)17-29(25)37-21/h13-20,37-38H,1-12H3. The van der Waals surface area contributed by atoms with Gasteiger partial charge in [-0.2, -0.15) is 0 Å². The number of nitrogens with one attached hydrogen (secondary N) is 2. The first kappa shape index (κ1) is 28.1. The molecule has 0 unspecified atom stereocenters. The van der Waals surface area contributed by atoms with Crippen molar-refractivity contribution >= 4 is 45.4 Å². The van der Waals surface area contributed by atoms with Crippen molar-refractivity contribution in [2.24, 2.45) is 10.8 Å². The fourth-order valence-corrected chi connectivity index (χ4v) is 5.68.